The molecule has 0 radical (unpaired) electrons. The van der Waals surface area contributed by atoms with Crippen LogP contribution in [0.25, 0.3) is 27.6 Å². The number of hydrogen-bond acceptors (Lipinski definition) is 9. The lowest BCUT2D eigenvalue weighted by Crippen LogP contribution is -2.27. The van der Waals surface area contributed by atoms with E-state index in [0.717, 1.165) is 5.56 Å². The Morgan fingerprint density at radius 1 is 0.756 bits per heavy atom. The van der Waals surface area contributed by atoms with Crippen LogP contribution in [-0.2, 0) is 11.3 Å². The summed E-state index contributed by atoms with van der Waals surface area (Å²) in [6, 6.07) is 20.7. The van der Waals surface area contributed by atoms with Crippen LogP contribution in [0.5, 0.6) is 28.7 Å². The van der Waals surface area contributed by atoms with Crippen molar-refractivity contribution in [2.24, 2.45) is 0 Å². The van der Waals surface area contributed by atoms with Gasteiger partial charge in [0.1, 0.15) is 45.5 Å². The molecule has 11 heteroatoms. The average Bonchev–Trinajstić information content (AvgIpc) is 3.07. The molecule has 2 N–H and O–H groups in total. The summed E-state index contributed by atoms with van der Waals surface area (Å²) in [4.78, 5) is 27.9. The number of rotatable bonds is 10. The van der Waals surface area contributed by atoms with Crippen LogP contribution in [0.4, 0.5) is 5.69 Å². The van der Waals surface area contributed by atoms with Gasteiger partial charge in [-0.15, -0.1) is 0 Å². The van der Waals surface area contributed by atoms with Gasteiger partial charge in [0.2, 0.25) is 0 Å². The molecule has 10 nitrogen and oxygen atoms in total. The second-order valence-corrected chi connectivity index (χ2v) is 10.7. The summed E-state index contributed by atoms with van der Waals surface area (Å²) in [5, 5.41) is 0.796. The van der Waals surface area contributed by atoms with Crippen LogP contribution in [0.1, 0.15) is 16.1 Å². The number of esters is 1. The molecule has 0 aliphatic carbocycles. The van der Waals surface area contributed by atoms with Gasteiger partial charge in [0.25, 0.3) is 5.56 Å². The lowest BCUT2D eigenvalue weighted by molar-refractivity contribution is 0.0591. The Balaban J connectivity index is 1.78. The highest BCUT2D eigenvalue weighted by atomic mass is 79.9. The molecule has 5 rings (SSSR count). The largest absolute Gasteiger partial charge is 0.497 e. The second kappa shape index (κ2) is 13.2. The molecule has 0 unspecified atom stereocenters. The predicted octanol–water partition coefficient (Wildman–Crippen LogP) is 6.40. The number of pyridine rings is 1. The number of anilines is 1. The number of nitrogen functional groups attached to an aromatic ring is 1. The number of ether oxygens (including phenoxy) is 6. The van der Waals surface area contributed by atoms with E-state index in [1.807, 2.05) is 12.1 Å². The number of nitrogens with two attached hydrogens (primary N) is 1. The molecule has 1 aromatic heterocycles. The third-order valence-electron chi connectivity index (χ3n) is 7.24. The Morgan fingerprint density at radius 3 is 1.93 bits per heavy atom. The number of hydrogen-bond donors (Lipinski definition) is 1. The molecular formula is C34H31BrN2O8. The highest BCUT2D eigenvalue weighted by Gasteiger charge is 2.27. The molecule has 0 aliphatic rings. The molecule has 0 atom stereocenters. The first-order chi connectivity index (χ1) is 21.7. The van der Waals surface area contributed by atoms with Gasteiger partial charge in [-0.2, -0.15) is 0 Å². The van der Waals surface area contributed by atoms with Gasteiger partial charge in [-0.1, -0.05) is 0 Å². The normalized spacial score (nSPS) is 10.8. The lowest BCUT2D eigenvalue weighted by atomic mass is 9.95. The van der Waals surface area contributed by atoms with Crippen molar-refractivity contribution in [3.63, 3.8) is 0 Å². The number of nitrogens with zero attached hydrogens (tertiary/aromatic N) is 1. The summed E-state index contributed by atoms with van der Waals surface area (Å²) in [6.45, 7) is 0.180. The number of halogens is 1. The number of aromatic nitrogens is 1. The molecule has 5 aromatic rings. The van der Waals surface area contributed by atoms with Crippen LogP contribution >= 0.6 is 15.9 Å². The van der Waals surface area contributed by atoms with E-state index in [-0.39, 0.29) is 12.3 Å². The monoisotopic (exact) mass is 674 g/mol. The van der Waals surface area contributed by atoms with Crippen molar-refractivity contribution in [3.05, 3.63) is 98.9 Å². The molecule has 0 bridgehead atoms. The number of carbonyl (C=O) groups is 1. The molecule has 0 aliphatic heterocycles. The number of benzene rings is 4. The fourth-order valence-electron chi connectivity index (χ4n) is 5.05. The van der Waals surface area contributed by atoms with Gasteiger partial charge in [-0.05, 0) is 99.2 Å². The van der Waals surface area contributed by atoms with Crippen LogP contribution in [0.15, 0.2) is 82.1 Å². The zero-order valence-electron chi connectivity index (χ0n) is 25.3. The van der Waals surface area contributed by atoms with E-state index in [2.05, 4.69) is 15.9 Å². The number of carbonyl (C=O) groups excluding carboxylic acids is 1. The van der Waals surface area contributed by atoms with E-state index >= 15 is 0 Å². The fourth-order valence-corrected chi connectivity index (χ4v) is 5.60. The third kappa shape index (κ3) is 6.12. The van der Waals surface area contributed by atoms with E-state index in [0.29, 0.717) is 66.5 Å². The highest BCUT2D eigenvalue weighted by molar-refractivity contribution is 9.10. The van der Waals surface area contributed by atoms with Gasteiger partial charge in [-0.25, -0.2) is 4.79 Å². The summed E-state index contributed by atoms with van der Waals surface area (Å²) in [5.41, 5.74) is 8.23. The van der Waals surface area contributed by atoms with E-state index in [4.69, 9.17) is 34.2 Å². The first-order valence-corrected chi connectivity index (χ1v) is 14.5. The third-order valence-corrected chi connectivity index (χ3v) is 8.02. The predicted molar refractivity (Wildman–Crippen MR) is 175 cm³/mol. The van der Waals surface area contributed by atoms with Crippen LogP contribution in [-0.4, -0.2) is 46.1 Å². The van der Waals surface area contributed by atoms with Crippen molar-refractivity contribution in [1.29, 1.82) is 0 Å². The number of methoxy groups -OCH3 is 5. The maximum absolute atomic E-state index is 14.3. The zero-order valence-corrected chi connectivity index (χ0v) is 26.9. The SMILES string of the molecule is COC(=O)c1c(-c2cc(OC)c(Br)c(OC)c2)c2ccc(OCc3cc(OC)cc(OC)c3)cc2c(=O)n1-c1ccc(N)cc1. The van der Waals surface area contributed by atoms with Crippen LogP contribution in [0.3, 0.4) is 0 Å². The Kier molecular flexibility index (Phi) is 9.19. The topological polar surface area (TPSA) is 120 Å². The summed E-state index contributed by atoms with van der Waals surface area (Å²) in [7, 11) is 7.47. The molecule has 1 heterocycles. The second-order valence-electron chi connectivity index (χ2n) is 9.86. The van der Waals surface area contributed by atoms with Gasteiger partial charge in [0.15, 0.2) is 0 Å². The first-order valence-electron chi connectivity index (χ1n) is 13.7. The molecule has 0 spiro atoms. The van der Waals surface area contributed by atoms with E-state index in [1.165, 1.54) is 25.9 Å². The molecule has 0 saturated carbocycles. The lowest BCUT2D eigenvalue weighted by Gasteiger charge is -2.20. The quantitative estimate of drug-likeness (QED) is 0.132. The summed E-state index contributed by atoms with van der Waals surface area (Å²) in [6.07, 6.45) is 0. The van der Waals surface area contributed by atoms with Crippen molar-refractivity contribution in [2.45, 2.75) is 6.61 Å². The van der Waals surface area contributed by atoms with E-state index in [1.54, 1.807) is 74.9 Å². The van der Waals surface area contributed by atoms with Crippen molar-refractivity contribution in [1.82, 2.24) is 4.57 Å². The van der Waals surface area contributed by atoms with E-state index < -0.39 is 11.5 Å². The molecule has 232 valence electrons. The molecule has 0 amide bonds. The Hall–Kier alpha value is -5.16. The molecule has 45 heavy (non-hydrogen) atoms. The number of fused-ring (bicyclic) bond motifs is 1. The smallest absolute Gasteiger partial charge is 0.355 e. The summed E-state index contributed by atoms with van der Waals surface area (Å²) in [5.74, 6) is 1.90. The minimum Gasteiger partial charge on any atom is -0.497 e. The molecule has 4 aromatic carbocycles. The van der Waals surface area contributed by atoms with Crippen LogP contribution in [0.2, 0.25) is 0 Å². The summed E-state index contributed by atoms with van der Waals surface area (Å²) < 4.78 is 35.2. The van der Waals surface area contributed by atoms with E-state index in [9.17, 15) is 9.59 Å². The van der Waals surface area contributed by atoms with Gasteiger partial charge in [0.05, 0.1) is 40.9 Å². The molecule has 0 saturated heterocycles. The Morgan fingerprint density at radius 2 is 1.38 bits per heavy atom. The standard InChI is InChI=1S/C34H31BrN2O8/c1-40-24-12-19(13-25(16-24)41-2)18-45-23-10-11-26-27(17-23)33(38)37(22-8-6-21(36)7-9-22)32(34(39)44-5)30(26)20-14-28(42-3)31(35)29(15-20)43-4/h6-17H,18,36H2,1-5H3. The first kappa shape index (κ1) is 31.3. The maximum Gasteiger partial charge on any atom is 0.355 e. The van der Waals surface area contributed by atoms with Crippen LogP contribution in [0, 0.1) is 0 Å². The maximum atomic E-state index is 14.3. The highest BCUT2D eigenvalue weighted by Crippen LogP contribution is 2.42. The van der Waals surface area contributed by atoms with Gasteiger partial charge < -0.3 is 34.2 Å². The molecule has 0 fully saturated rings. The van der Waals surface area contributed by atoms with Gasteiger partial charge in [0, 0.05) is 23.0 Å². The van der Waals surface area contributed by atoms with Gasteiger partial charge in [-0.3, -0.25) is 9.36 Å². The summed E-state index contributed by atoms with van der Waals surface area (Å²) >= 11 is 3.51. The van der Waals surface area contributed by atoms with Gasteiger partial charge >= 0.3 is 5.97 Å². The van der Waals surface area contributed by atoms with Crippen molar-refractivity contribution < 1.29 is 33.2 Å². The van der Waals surface area contributed by atoms with Crippen molar-refractivity contribution >= 4 is 38.4 Å². The zero-order chi connectivity index (χ0) is 32.2. The van der Waals surface area contributed by atoms with Crippen molar-refractivity contribution in [3.8, 4) is 45.6 Å². The minimum atomic E-state index is -0.714. The van der Waals surface area contributed by atoms with Crippen molar-refractivity contribution in [2.75, 3.05) is 41.3 Å². The Labute approximate surface area is 267 Å². The Bertz CT molecular complexity index is 1910. The minimum absolute atomic E-state index is 0.0170. The average molecular weight is 676 g/mol. The molecular weight excluding hydrogens is 644 g/mol. The fraction of sp³-hybridized carbons (Fsp3) is 0.176. The van der Waals surface area contributed by atoms with Crippen LogP contribution < -0.4 is 35.0 Å².